The van der Waals surface area contributed by atoms with Gasteiger partial charge in [0.15, 0.2) is 11.0 Å². The molecule has 0 spiro atoms. The summed E-state index contributed by atoms with van der Waals surface area (Å²) in [5, 5.41) is 12.0. The van der Waals surface area contributed by atoms with Gasteiger partial charge in [-0.1, -0.05) is 13.8 Å². The van der Waals surface area contributed by atoms with E-state index in [0.29, 0.717) is 0 Å². The van der Waals surface area contributed by atoms with E-state index in [0.717, 1.165) is 4.88 Å². The Morgan fingerprint density at radius 1 is 1.29 bits per heavy atom. The molecule has 0 aliphatic carbocycles. The van der Waals surface area contributed by atoms with Crippen LogP contribution >= 0.6 is 11.3 Å². The molecule has 0 aliphatic rings. The van der Waals surface area contributed by atoms with Crippen molar-refractivity contribution in [3.63, 3.8) is 0 Å². The third kappa shape index (κ3) is 5.04. The third-order valence-corrected chi connectivity index (χ3v) is 4.06. The highest BCUT2D eigenvalue weighted by Gasteiger charge is 2.24. The van der Waals surface area contributed by atoms with E-state index >= 15 is 0 Å². The van der Waals surface area contributed by atoms with E-state index in [4.69, 9.17) is 4.74 Å². The number of nitrogens with one attached hydrogen (secondary N) is 1. The molecule has 21 heavy (non-hydrogen) atoms. The molecule has 0 aromatic carbocycles. The molecule has 1 rings (SSSR count). The number of hydrogen-bond acceptors (Lipinski definition) is 4. The number of carboxylic acid groups (broad SMARTS) is 1. The van der Waals surface area contributed by atoms with E-state index in [1.807, 2.05) is 34.6 Å². The summed E-state index contributed by atoms with van der Waals surface area (Å²) in [7, 11) is 0. The first-order valence-corrected chi connectivity index (χ1v) is 7.68. The highest BCUT2D eigenvalue weighted by Crippen LogP contribution is 2.34. The molecule has 1 unspecified atom stereocenters. The summed E-state index contributed by atoms with van der Waals surface area (Å²) in [5.74, 6) is -0.835. The third-order valence-electron chi connectivity index (χ3n) is 2.65. The number of thiophene rings is 1. The fourth-order valence-electron chi connectivity index (χ4n) is 1.63. The molecular weight excluding hydrogens is 290 g/mol. The second kappa shape index (κ2) is 6.47. The SMILES string of the molecule is CC(Oc1cc(C(C)C)sc1C(=O)O)C(=O)NC(C)(C)C. The van der Waals surface area contributed by atoms with Gasteiger partial charge < -0.3 is 15.2 Å². The van der Waals surface area contributed by atoms with Crippen LogP contribution in [0.5, 0.6) is 5.75 Å². The summed E-state index contributed by atoms with van der Waals surface area (Å²) < 4.78 is 5.56. The molecule has 1 aromatic heterocycles. The standard InChI is InChI=1S/C15H23NO4S/c1-8(2)11-7-10(12(21-11)14(18)19)20-9(3)13(17)16-15(4,5)6/h7-9H,1-6H3,(H,16,17)(H,18,19). The van der Waals surface area contributed by atoms with Gasteiger partial charge in [-0.3, -0.25) is 4.79 Å². The summed E-state index contributed by atoms with van der Waals surface area (Å²) >= 11 is 1.19. The van der Waals surface area contributed by atoms with E-state index < -0.39 is 12.1 Å². The molecule has 6 heteroatoms. The average Bonchev–Trinajstić information content (AvgIpc) is 2.70. The van der Waals surface area contributed by atoms with E-state index in [1.165, 1.54) is 11.3 Å². The lowest BCUT2D eigenvalue weighted by molar-refractivity contribution is -0.128. The van der Waals surface area contributed by atoms with Crippen LogP contribution < -0.4 is 10.1 Å². The molecule has 0 aliphatic heterocycles. The maximum atomic E-state index is 12.0. The molecule has 2 N–H and O–H groups in total. The molecule has 1 heterocycles. The van der Waals surface area contributed by atoms with Gasteiger partial charge in [-0.2, -0.15) is 0 Å². The summed E-state index contributed by atoms with van der Waals surface area (Å²) in [6.45, 7) is 11.2. The minimum Gasteiger partial charge on any atom is -0.479 e. The molecule has 1 atom stereocenters. The Kier molecular flexibility index (Phi) is 5.39. The van der Waals surface area contributed by atoms with E-state index in [9.17, 15) is 14.7 Å². The molecule has 118 valence electrons. The van der Waals surface area contributed by atoms with Crippen LogP contribution in [0.3, 0.4) is 0 Å². The van der Waals surface area contributed by atoms with Crippen LogP contribution in [0.1, 0.15) is 62.0 Å². The van der Waals surface area contributed by atoms with Crippen LogP contribution in [0, 0.1) is 0 Å². The van der Waals surface area contributed by atoms with Crippen LogP contribution in [-0.4, -0.2) is 28.6 Å². The van der Waals surface area contributed by atoms with Gasteiger partial charge in [0.2, 0.25) is 0 Å². The smallest absolute Gasteiger partial charge is 0.349 e. The molecule has 0 radical (unpaired) electrons. The molecular formula is C15H23NO4S. The number of ether oxygens (including phenoxy) is 1. The largest absolute Gasteiger partial charge is 0.479 e. The predicted octanol–water partition coefficient (Wildman–Crippen LogP) is 3.25. The zero-order valence-corrected chi connectivity index (χ0v) is 14.1. The van der Waals surface area contributed by atoms with Crippen molar-refractivity contribution in [2.75, 3.05) is 0 Å². The first-order valence-electron chi connectivity index (χ1n) is 6.87. The van der Waals surface area contributed by atoms with Crippen molar-refractivity contribution in [2.45, 2.75) is 59.1 Å². The summed E-state index contributed by atoms with van der Waals surface area (Å²) in [6, 6.07) is 1.71. The molecule has 1 amide bonds. The van der Waals surface area contributed by atoms with Gasteiger partial charge >= 0.3 is 5.97 Å². The maximum absolute atomic E-state index is 12.0. The number of carbonyl (C=O) groups is 2. The number of carbonyl (C=O) groups excluding carboxylic acids is 1. The van der Waals surface area contributed by atoms with Gasteiger partial charge in [0.1, 0.15) is 5.75 Å². The van der Waals surface area contributed by atoms with Gasteiger partial charge in [0, 0.05) is 10.4 Å². The molecule has 0 bridgehead atoms. The number of aromatic carboxylic acids is 1. The first kappa shape index (κ1) is 17.5. The molecule has 0 saturated carbocycles. The van der Waals surface area contributed by atoms with Crippen LogP contribution in [-0.2, 0) is 4.79 Å². The van der Waals surface area contributed by atoms with Crippen molar-refractivity contribution < 1.29 is 19.4 Å². The van der Waals surface area contributed by atoms with Gasteiger partial charge in [0.25, 0.3) is 5.91 Å². The summed E-state index contributed by atoms with van der Waals surface area (Å²) in [4.78, 5) is 24.3. The first-order chi connectivity index (χ1) is 9.51. The van der Waals surface area contributed by atoms with E-state index in [-0.39, 0.29) is 28.0 Å². The average molecular weight is 313 g/mol. The zero-order chi connectivity index (χ0) is 16.4. The fraction of sp³-hybridized carbons (Fsp3) is 0.600. The highest BCUT2D eigenvalue weighted by molar-refractivity contribution is 7.14. The van der Waals surface area contributed by atoms with E-state index in [2.05, 4.69) is 5.32 Å². The second-order valence-electron chi connectivity index (χ2n) is 6.30. The predicted molar refractivity (Wildman–Crippen MR) is 83.4 cm³/mol. The summed E-state index contributed by atoms with van der Waals surface area (Å²) in [5.41, 5.74) is -0.359. The molecule has 5 nitrogen and oxygen atoms in total. The van der Waals surface area contributed by atoms with E-state index in [1.54, 1.807) is 13.0 Å². The zero-order valence-electron chi connectivity index (χ0n) is 13.3. The molecule has 0 saturated heterocycles. The highest BCUT2D eigenvalue weighted by atomic mass is 32.1. The van der Waals surface area contributed by atoms with Crippen LogP contribution in [0.4, 0.5) is 0 Å². The fourth-order valence-corrected chi connectivity index (χ4v) is 2.56. The maximum Gasteiger partial charge on any atom is 0.349 e. The van der Waals surface area contributed by atoms with Crippen molar-refractivity contribution in [1.29, 1.82) is 0 Å². The van der Waals surface area contributed by atoms with Crippen molar-refractivity contribution in [1.82, 2.24) is 5.32 Å². The number of amides is 1. The minimum absolute atomic E-state index is 0.133. The van der Waals surface area contributed by atoms with Gasteiger partial charge in [-0.15, -0.1) is 11.3 Å². The molecule has 0 fully saturated rings. The minimum atomic E-state index is -1.04. The van der Waals surface area contributed by atoms with Crippen molar-refractivity contribution in [3.05, 3.63) is 15.8 Å². The lowest BCUT2D eigenvalue weighted by Gasteiger charge is -2.23. The Labute approximate surface area is 129 Å². The van der Waals surface area contributed by atoms with Crippen molar-refractivity contribution in [2.24, 2.45) is 0 Å². The lowest BCUT2D eigenvalue weighted by Crippen LogP contribution is -2.46. The second-order valence-corrected chi connectivity index (χ2v) is 7.39. The van der Waals surface area contributed by atoms with Crippen LogP contribution in [0.25, 0.3) is 0 Å². The summed E-state index contributed by atoms with van der Waals surface area (Å²) in [6.07, 6.45) is -0.753. The quantitative estimate of drug-likeness (QED) is 0.875. The number of hydrogen-bond donors (Lipinski definition) is 2. The Balaban J connectivity index is 2.91. The Bertz CT molecular complexity index is 528. The van der Waals surface area contributed by atoms with Crippen molar-refractivity contribution in [3.8, 4) is 5.75 Å². The van der Waals surface area contributed by atoms with Crippen LogP contribution in [0.15, 0.2) is 6.07 Å². The normalized spacial score (nSPS) is 13.1. The Hall–Kier alpha value is -1.56. The number of rotatable bonds is 5. The monoisotopic (exact) mass is 313 g/mol. The van der Waals surface area contributed by atoms with Gasteiger partial charge in [0.05, 0.1) is 0 Å². The Morgan fingerprint density at radius 3 is 2.29 bits per heavy atom. The lowest BCUT2D eigenvalue weighted by atomic mass is 10.1. The molecule has 1 aromatic rings. The topological polar surface area (TPSA) is 75.6 Å². The van der Waals surface area contributed by atoms with Gasteiger partial charge in [-0.25, -0.2) is 4.79 Å². The van der Waals surface area contributed by atoms with Crippen LogP contribution in [0.2, 0.25) is 0 Å². The van der Waals surface area contributed by atoms with Crippen molar-refractivity contribution >= 4 is 23.2 Å². The Morgan fingerprint density at radius 2 is 1.86 bits per heavy atom. The van der Waals surface area contributed by atoms with Gasteiger partial charge in [-0.05, 0) is 39.7 Å². The number of carboxylic acids is 1.